The van der Waals surface area contributed by atoms with Crippen LogP contribution >= 0.6 is 0 Å². The van der Waals surface area contributed by atoms with E-state index in [1.165, 1.54) is 19.8 Å². The normalized spacial score (nSPS) is 25.1. The molecule has 8 heteroatoms. The first-order chi connectivity index (χ1) is 13.2. The number of piperidine rings is 1. The Labute approximate surface area is 161 Å². The predicted molar refractivity (Wildman–Crippen MR) is 100 cm³/mol. The van der Waals surface area contributed by atoms with Gasteiger partial charge in [-0.3, -0.25) is 4.90 Å². The standard InChI is InChI=1S/C20H23F3N4O/c1-11-9-12(20(21,22)23)10-17(28)19(11)15-6-8-18(26-25-15)24-14-5-3-13-4-7-16(14)27(13)2/h6,8-10,13-14,16,28H,3-5,7H2,1-2H3,(H,24,26)/t13-,14+,16+/m0/s1. The number of nitrogens with zero attached hydrogens (tertiary/aromatic N) is 3. The van der Waals surface area contributed by atoms with E-state index >= 15 is 0 Å². The first kappa shape index (κ1) is 19.0. The van der Waals surface area contributed by atoms with Crippen molar-refractivity contribution < 1.29 is 18.3 Å². The molecule has 28 heavy (non-hydrogen) atoms. The maximum atomic E-state index is 12.9. The fourth-order valence-corrected chi connectivity index (χ4v) is 4.60. The second-order valence-corrected chi connectivity index (χ2v) is 7.78. The van der Waals surface area contributed by atoms with E-state index in [2.05, 4.69) is 27.5 Å². The van der Waals surface area contributed by atoms with Crippen molar-refractivity contribution in [1.82, 2.24) is 15.1 Å². The molecule has 5 nitrogen and oxygen atoms in total. The number of phenolic OH excluding ortho intramolecular Hbond substituents is 1. The van der Waals surface area contributed by atoms with E-state index in [9.17, 15) is 18.3 Å². The van der Waals surface area contributed by atoms with E-state index < -0.39 is 17.5 Å². The Hall–Kier alpha value is -2.35. The maximum Gasteiger partial charge on any atom is 0.416 e. The van der Waals surface area contributed by atoms with Crippen LogP contribution in [0.25, 0.3) is 11.3 Å². The number of nitrogens with one attached hydrogen (secondary N) is 1. The molecule has 0 spiro atoms. The lowest BCUT2D eigenvalue weighted by molar-refractivity contribution is -0.137. The minimum atomic E-state index is -4.51. The van der Waals surface area contributed by atoms with Gasteiger partial charge in [0.2, 0.25) is 0 Å². The Balaban J connectivity index is 1.54. The summed E-state index contributed by atoms with van der Waals surface area (Å²) in [5, 5.41) is 21.9. The zero-order valence-corrected chi connectivity index (χ0v) is 15.8. The molecule has 2 saturated heterocycles. The molecule has 1 aromatic heterocycles. The highest BCUT2D eigenvalue weighted by Gasteiger charge is 2.40. The molecule has 2 fully saturated rings. The SMILES string of the molecule is Cc1cc(C(F)(F)F)cc(O)c1-c1ccc(N[C@@H]2CC[C@H]3CC[C@H]2N3C)nn1. The van der Waals surface area contributed by atoms with Gasteiger partial charge in [-0.15, -0.1) is 10.2 Å². The number of anilines is 1. The van der Waals surface area contributed by atoms with Crippen molar-refractivity contribution in [3.63, 3.8) is 0 Å². The van der Waals surface area contributed by atoms with Gasteiger partial charge in [-0.1, -0.05) is 0 Å². The molecule has 2 aromatic rings. The van der Waals surface area contributed by atoms with Crippen LogP contribution in [0, 0.1) is 6.92 Å². The minimum Gasteiger partial charge on any atom is -0.507 e. The van der Waals surface area contributed by atoms with Gasteiger partial charge in [-0.2, -0.15) is 13.2 Å². The highest BCUT2D eigenvalue weighted by Crippen LogP contribution is 2.39. The van der Waals surface area contributed by atoms with Crippen LogP contribution in [0.15, 0.2) is 24.3 Å². The lowest BCUT2D eigenvalue weighted by Gasteiger charge is -2.38. The van der Waals surface area contributed by atoms with Gasteiger partial charge in [0.1, 0.15) is 11.6 Å². The van der Waals surface area contributed by atoms with Gasteiger partial charge in [0.15, 0.2) is 0 Å². The topological polar surface area (TPSA) is 61.3 Å². The number of alkyl halides is 3. The number of hydrogen-bond donors (Lipinski definition) is 2. The molecule has 150 valence electrons. The third-order valence-corrected chi connectivity index (χ3v) is 6.07. The van der Waals surface area contributed by atoms with E-state index in [1.54, 1.807) is 12.1 Å². The lowest BCUT2D eigenvalue weighted by atomic mass is 9.98. The molecule has 2 bridgehead atoms. The number of fused-ring (bicyclic) bond motifs is 2. The molecule has 0 unspecified atom stereocenters. The fraction of sp³-hybridized carbons (Fsp3) is 0.500. The van der Waals surface area contributed by atoms with Crippen molar-refractivity contribution in [3.8, 4) is 17.0 Å². The van der Waals surface area contributed by atoms with Gasteiger partial charge in [0.25, 0.3) is 0 Å². The number of halogens is 3. The predicted octanol–water partition coefficient (Wildman–Crippen LogP) is 4.21. The van der Waals surface area contributed by atoms with E-state index in [0.717, 1.165) is 25.0 Å². The summed E-state index contributed by atoms with van der Waals surface area (Å²) in [5.74, 6) is 0.185. The summed E-state index contributed by atoms with van der Waals surface area (Å²) in [6, 6.07) is 6.66. The largest absolute Gasteiger partial charge is 0.507 e. The molecule has 3 atom stereocenters. The summed E-state index contributed by atoms with van der Waals surface area (Å²) < 4.78 is 38.7. The molecule has 4 rings (SSSR count). The Bertz CT molecular complexity index is 846. The van der Waals surface area contributed by atoms with Crippen molar-refractivity contribution in [2.24, 2.45) is 0 Å². The summed E-state index contributed by atoms with van der Waals surface area (Å²) in [6.07, 6.45) is 0.142. The zero-order chi connectivity index (χ0) is 20.1. The van der Waals surface area contributed by atoms with Crippen LogP contribution in [-0.4, -0.2) is 45.4 Å². The molecule has 2 N–H and O–H groups in total. The first-order valence-electron chi connectivity index (χ1n) is 9.47. The number of phenols is 1. The number of aryl methyl sites for hydroxylation is 1. The zero-order valence-electron chi connectivity index (χ0n) is 15.8. The van der Waals surface area contributed by atoms with Crippen molar-refractivity contribution >= 4 is 5.82 Å². The Kier molecular flexibility index (Phi) is 4.69. The number of likely N-dealkylation sites (N-methyl/N-ethyl adjacent to an activating group) is 1. The summed E-state index contributed by atoms with van der Waals surface area (Å²) in [6.45, 7) is 1.52. The number of aromatic nitrogens is 2. The Morgan fingerprint density at radius 3 is 2.50 bits per heavy atom. The lowest BCUT2D eigenvalue weighted by Crippen LogP contribution is -2.48. The summed E-state index contributed by atoms with van der Waals surface area (Å²) in [5.41, 5.74) is 0.0288. The van der Waals surface area contributed by atoms with Crippen LogP contribution < -0.4 is 5.32 Å². The number of benzene rings is 1. The van der Waals surface area contributed by atoms with E-state index in [0.29, 0.717) is 35.2 Å². The molecule has 2 aliphatic heterocycles. The maximum absolute atomic E-state index is 12.9. The average Bonchev–Trinajstić information content (AvgIpc) is 2.85. The van der Waals surface area contributed by atoms with Crippen molar-refractivity contribution in [2.45, 2.75) is 56.9 Å². The van der Waals surface area contributed by atoms with Gasteiger partial charge in [0, 0.05) is 23.7 Å². The van der Waals surface area contributed by atoms with Crippen LogP contribution in [0.1, 0.15) is 36.8 Å². The van der Waals surface area contributed by atoms with Crippen LogP contribution in [-0.2, 0) is 6.18 Å². The second-order valence-electron chi connectivity index (χ2n) is 7.78. The van der Waals surface area contributed by atoms with Gasteiger partial charge in [-0.25, -0.2) is 0 Å². The first-order valence-corrected chi connectivity index (χ1v) is 9.47. The number of aromatic hydroxyl groups is 1. The second kappa shape index (κ2) is 6.92. The van der Waals surface area contributed by atoms with Crippen LogP contribution in [0.2, 0.25) is 0 Å². The molecule has 1 aromatic carbocycles. The van der Waals surface area contributed by atoms with Crippen LogP contribution in [0.3, 0.4) is 0 Å². The number of rotatable bonds is 3. The molecule has 3 heterocycles. The van der Waals surface area contributed by atoms with Crippen molar-refractivity contribution in [3.05, 3.63) is 35.4 Å². The third kappa shape index (κ3) is 3.41. The molecular weight excluding hydrogens is 369 g/mol. The summed E-state index contributed by atoms with van der Waals surface area (Å²) in [4.78, 5) is 2.44. The highest BCUT2D eigenvalue weighted by molar-refractivity contribution is 5.71. The average molecular weight is 392 g/mol. The van der Waals surface area contributed by atoms with Crippen molar-refractivity contribution in [2.75, 3.05) is 12.4 Å². The van der Waals surface area contributed by atoms with Crippen molar-refractivity contribution in [1.29, 1.82) is 0 Å². The minimum absolute atomic E-state index is 0.267. The molecule has 0 radical (unpaired) electrons. The fourth-order valence-electron chi connectivity index (χ4n) is 4.60. The quantitative estimate of drug-likeness (QED) is 0.819. The molecular formula is C20H23F3N4O. The van der Waals surface area contributed by atoms with Gasteiger partial charge in [-0.05, 0) is 69.5 Å². The monoisotopic (exact) mass is 392 g/mol. The van der Waals surface area contributed by atoms with Crippen LogP contribution in [0.4, 0.5) is 19.0 Å². The van der Waals surface area contributed by atoms with E-state index in [4.69, 9.17) is 0 Å². The van der Waals surface area contributed by atoms with E-state index in [1.807, 2.05) is 0 Å². The van der Waals surface area contributed by atoms with Crippen LogP contribution in [0.5, 0.6) is 5.75 Å². The van der Waals surface area contributed by atoms with E-state index in [-0.39, 0.29) is 5.56 Å². The van der Waals surface area contributed by atoms with Gasteiger partial charge >= 0.3 is 6.18 Å². The molecule has 2 aliphatic rings. The number of hydrogen-bond acceptors (Lipinski definition) is 5. The molecule has 0 amide bonds. The van der Waals surface area contributed by atoms with Gasteiger partial charge in [0.05, 0.1) is 11.3 Å². The summed E-state index contributed by atoms with van der Waals surface area (Å²) in [7, 11) is 2.17. The van der Waals surface area contributed by atoms with Gasteiger partial charge < -0.3 is 10.4 Å². The summed E-state index contributed by atoms with van der Waals surface area (Å²) >= 11 is 0. The Morgan fingerprint density at radius 2 is 1.86 bits per heavy atom. The molecule has 0 aliphatic carbocycles. The molecule has 0 saturated carbocycles. The Morgan fingerprint density at radius 1 is 1.11 bits per heavy atom. The smallest absolute Gasteiger partial charge is 0.416 e. The highest BCUT2D eigenvalue weighted by atomic mass is 19.4. The third-order valence-electron chi connectivity index (χ3n) is 6.07.